The topological polar surface area (TPSA) is 86.7 Å². The first-order valence-electron chi connectivity index (χ1n) is 11.8. The molecule has 0 radical (unpaired) electrons. The van der Waals surface area contributed by atoms with E-state index >= 15 is 0 Å². The third kappa shape index (κ3) is 3.61. The van der Waals surface area contributed by atoms with Gasteiger partial charge in [-0.25, -0.2) is 9.97 Å². The fraction of sp³-hybridized carbons (Fsp3) is 0.214. The maximum absolute atomic E-state index is 11.8. The van der Waals surface area contributed by atoms with E-state index in [0.717, 1.165) is 57.6 Å². The van der Waals surface area contributed by atoms with Gasteiger partial charge >= 0.3 is 0 Å². The second-order valence-electron chi connectivity index (χ2n) is 8.99. The smallest absolute Gasteiger partial charge is 0.248 e. The van der Waals surface area contributed by atoms with Gasteiger partial charge in [0.1, 0.15) is 5.82 Å². The highest BCUT2D eigenvalue weighted by Gasteiger charge is 2.23. The summed E-state index contributed by atoms with van der Waals surface area (Å²) in [6.07, 6.45) is 7.79. The zero-order valence-electron chi connectivity index (χ0n) is 18.8. The Labute approximate surface area is 197 Å². The number of nitrogens with two attached hydrogens (primary N) is 1. The number of primary amides is 1. The summed E-state index contributed by atoms with van der Waals surface area (Å²) in [6, 6.07) is 22.2. The highest BCUT2D eigenvalue weighted by atomic mass is 16.1. The molecular weight excluding hydrogens is 422 g/mol. The van der Waals surface area contributed by atoms with Crippen molar-refractivity contribution in [1.29, 1.82) is 0 Å². The third-order valence-electron chi connectivity index (χ3n) is 6.78. The monoisotopic (exact) mass is 447 g/mol. The zero-order valence-corrected chi connectivity index (χ0v) is 18.8. The Bertz CT molecular complexity index is 1520. The minimum Gasteiger partial charge on any atom is -0.366 e. The van der Waals surface area contributed by atoms with Crippen LogP contribution in [0.3, 0.4) is 0 Å². The molecule has 2 N–H and O–H groups in total. The molecule has 1 fully saturated rings. The first-order chi connectivity index (χ1) is 16.7. The Hall–Kier alpha value is -4.06. The molecule has 0 aliphatic heterocycles. The van der Waals surface area contributed by atoms with E-state index in [4.69, 9.17) is 20.7 Å². The van der Waals surface area contributed by atoms with Gasteiger partial charge in [-0.1, -0.05) is 49.6 Å². The summed E-state index contributed by atoms with van der Waals surface area (Å²) in [4.78, 5) is 26.3. The molecule has 0 bridgehead atoms. The Morgan fingerprint density at radius 2 is 1.65 bits per heavy atom. The van der Waals surface area contributed by atoms with Crippen LogP contribution >= 0.6 is 0 Å². The van der Waals surface area contributed by atoms with Gasteiger partial charge in [0.25, 0.3) is 0 Å². The molecule has 5 aromatic rings. The van der Waals surface area contributed by atoms with Gasteiger partial charge in [0.05, 0.1) is 34.0 Å². The number of hydrogen-bond donors (Lipinski definition) is 1. The molecule has 1 aliphatic rings. The van der Waals surface area contributed by atoms with Gasteiger partial charge in [-0.2, -0.15) is 0 Å². The summed E-state index contributed by atoms with van der Waals surface area (Å²) < 4.78 is 2.35. The van der Waals surface area contributed by atoms with Crippen molar-refractivity contribution < 1.29 is 4.79 Å². The zero-order chi connectivity index (χ0) is 23.1. The average molecular weight is 448 g/mol. The van der Waals surface area contributed by atoms with Crippen molar-refractivity contribution in [3.63, 3.8) is 0 Å². The number of carbonyl (C=O) groups is 1. The summed E-state index contributed by atoms with van der Waals surface area (Å²) in [5, 5.41) is 0. The van der Waals surface area contributed by atoms with Crippen molar-refractivity contribution in [2.45, 2.75) is 38.1 Å². The number of rotatable bonds is 4. The molecule has 6 heteroatoms. The number of imidazole rings is 1. The van der Waals surface area contributed by atoms with E-state index in [0.29, 0.717) is 11.6 Å². The van der Waals surface area contributed by atoms with Crippen LogP contribution in [0, 0.1) is 0 Å². The predicted molar refractivity (Wildman–Crippen MR) is 134 cm³/mol. The molecule has 1 amide bonds. The van der Waals surface area contributed by atoms with E-state index in [-0.39, 0.29) is 0 Å². The molecule has 168 valence electrons. The minimum absolute atomic E-state index is 0.385. The van der Waals surface area contributed by atoms with E-state index in [1.165, 1.54) is 19.3 Å². The van der Waals surface area contributed by atoms with Gasteiger partial charge in [-0.15, -0.1) is 0 Å². The summed E-state index contributed by atoms with van der Waals surface area (Å²) in [7, 11) is 0. The Morgan fingerprint density at radius 3 is 2.44 bits per heavy atom. The Morgan fingerprint density at radius 1 is 0.824 bits per heavy atom. The summed E-state index contributed by atoms with van der Waals surface area (Å²) in [5.74, 6) is 0.463. The maximum Gasteiger partial charge on any atom is 0.248 e. The lowest BCUT2D eigenvalue weighted by Crippen LogP contribution is -2.14. The number of amides is 1. The highest BCUT2D eigenvalue weighted by molar-refractivity contribution is 5.97. The predicted octanol–water partition coefficient (Wildman–Crippen LogP) is 5.92. The van der Waals surface area contributed by atoms with E-state index in [2.05, 4.69) is 16.7 Å². The molecule has 2 aromatic heterocycles. The fourth-order valence-electron chi connectivity index (χ4n) is 5.06. The van der Waals surface area contributed by atoms with Crippen molar-refractivity contribution in [3.8, 4) is 22.6 Å². The second-order valence-corrected chi connectivity index (χ2v) is 8.99. The normalized spacial score (nSPS) is 14.6. The molecule has 1 aliphatic carbocycles. The first-order valence-corrected chi connectivity index (χ1v) is 11.8. The van der Waals surface area contributed by atoms with Crippen molar-refractivity contribution in [2.24, 2.45) is 5.73 Å². The molecule has 6 nitrogen and oxygen atoms in total. The van der Waals surface area contributed by atoms with Gasteiger partial charge in [-0.3, -0.25) is 9.78 Å². The maximum atomic E-state index is 11.8. The lowest BCUT2D eigenvalue weighted by molar-refractivity contribution is 0.100. The molecule has 1 saturated carbocycles. The standard InChI is InChI=1S/C28H25N5O/c29-27(34)19-12-14-26-24(15-19)32-28(33(26)21-9-5-2-6-10-21)20-11-13-22-23(16-20)30-17-25(31-22)18-7-3-1-4-8-18/h1,3-4,7-8,11-17,21H,2,5-6,9-10H2,(H2,29,34). The van der Waals surface area contributed by atoms with E-state index in [1.807, 2.05) is 48.7 Å². The van der Waals surface area contributed by atoms with Crippen molar-refractivity contribution in [3.05, 3.63) is 78.5 Å². The SMILES string of the molecule is NC(=O)c1ccc2c(c1)nc(-c1ccc3nc(-c4ccccc4)cnc3c1)n2C1CCCCC1. The van der Waals surface area contributed by atoms with Gasteiger partial charge < -0.3 is 10.3 Å². The lowest BCUT2D eigenvalue weighted by Gasteiger charge is -2.25. The summed E-state index contributed by atoms with van der Waals surface area (Å²) in [6.45, 7) is 0. The summed E-state index contributed by atoms with van der Waals surface area (Å²) in [5.41, 5.74) is 12.4. The van der Waals surface area contributed by atoms with Crippen LogP contribution in [0.4, 0.5) is 0 Å². The van der Waals surface area contributed by atoms with Crippen LogP contribution in [-0.2, 0) is 0 Å². The molecule has 3 aromatic carbocycles. The van der Waals surface area contributed by atoms with Crippen LogP contribution in [0.1, 0.15) is 48.5 Å². The van der Waals surface area contributed by atoms with E-state index in [1.54, 1.807) is 12.1 Å². The molecular formula is C28H25N5O. The molecule has 0 spiro atoms. The molecule has 34 heavy (non-hydrogen) atoms. The number of benzene rings is 3. The molecule has 0 unspecified atom stereocenters. The third-order valence-corrected chi connectivity index (χ3v) is 6.78. The number of fused-ring (bicyclic) bond motifs is 2. The van der Waals surface area contributed by atoms with E-state index in [9.17, 15) is 4.79 Å². The van der Waals surface area contributed by atoms with Crippen molar-refractivity contribution in [1.82, 2.24) is 19.5 Å². The molecule has 0 atom stereocenters. The Kier molecular flexibility index (Phi) is 5.06. The lowest BCUT2D eigenvalue weighted by atomic mass is 9.94. The summed E-state index contributed by atoms with van der Waals surface area (Å²) >= 11 is 0. The van der Waals surface area contributed by atoms with Crippen LogP contribution in [0.2, 0.25) is 0 Å². The van der Waals surface area contributed by atoms with Crippen LogP contribution in [0.15, 0.2) is 72.9 Å². The highest BCUT2D eigenvalue weighted by Crippen LogP contribution is 2.36. The van der Waals surface area contributed by atoms with Crippen molar-refractivity contribution in [2.75, 3.05) is 0 Å². The number of aromatic nitrogens is 4. The van der Waals surface area contributed by atoms with E-state index < -0.39 is 5.91 Å². The van der Waals surface area contributed by atoms with Gasteiger partial charge in [0.2, 0.25) is 5.91 Å². The average Bonchev–Trinajstić information content (AvgIpc) is 3.28. The van der Waals surface area contributed by atoms with Crippen LogP contribution in [0.5, 0.6) is 0 Å². The number of carbonyl (C=O) groups excluding carboxylic acids is 1. The quantitative estimate of drug-likeness (QED) is 0.371. The van der Waals surface area contributed by atoms with Gasteiger partial charge in [-0.05, 0) is 49.2 Å². The number of hydrogen-bond acceptors (Lipinski definition) is 4. The van der Waals surface area contributed by atoms with Gasteiger partial charge in [0, 0.05) is 22.7 Å². The van der Waals surface area contributed by atoms with Crippen molar-refractivity contribution >= 4 is 28.0 Å². The first kappa shape index (κ1) is 20.5. The van der Waals surface area contributed by atoms with Crippen LogP contribution in [0.25, 0.3) is 44.7 Å². The van der Waals surface area contributed by atoms with Gasteiger partial charge in [0.15, 0.2) is 0 Å². The minimum atomic E-state index is -0.439. The fourth-order valence-corrected chi connectivity index (χ4v) is 5.06. The Balaban J connectivity index is 1.48. The molecule has 6 rings (SSSR count). The molecule has 0 saturated heterocycles. The molecule has 2 heterocycles. The van der Waals surface area contributed by atoms with Crippen LogP contribution < -0.4 is 5.73 Å². The number of nitrogens with zero attached hydrogens (tertiary/aromatic N) is 4. The van der Waals surface area contributed by atoms with Crippen LogP contribution in [-0.4, -0.2) is 25.4 Å². The largest absolute Gasteiger partial charge is 0.366 e. The second kappa shape index (κ2) is 8.37.